The van der Waals surface area contributed by atoms with Gasteiger partial charge in [-0.25, -0.2) is 0 Å². The molecule has 0 bridgehead atoms. The predicted octanol–water partition coefficient (Wildman–Crippen LogP) is 4.06. The highest BCUT2D eigenvalue weighted by Gasteiger charge is 2.12. The van der Waals surface area contributed by atoms with Crippen LogP contribution in [0.3, 0.4) is 0 Å². The van der Waals surface area contributed by atoms with Crippen LogP contribution in [0.25, 0.3) is 11.3 Å². The monoisotopic (exact) mass is 355 g/mol. The van der Waals surface area contributed by atoms with Gasteiger partial charge in [0.05, 0.1) is 12.3 Å². The molecular weight excluding hydrogens is 338 g/mol. The van der Waals surface area contributed by atoms with Crippen molar-refractivity contribution in [2.45, 2.75) is 13.5 Å². The second-order valence-electron chi connectivity index (χ2n) is 5.40. The smallest absolute Gasteiger partial charge is 0.269 e. The summed E-state index contributed by atoms with van der Waals surface area (Å²) in [6.45, 7) is 2.88. The molecule has 0 fully saturated rings. The van der Waals surface area contributed by atoms with Crippen molar-refractivity contribution in [3.8, 4) is 17.0 Å². The predicted molar refractivity (Wildman–Crippen MR) is 97.8 cm³/mol. The molecule has 0 saturated heterocycles. The minimum absolute atomic E-state index is 0.230. The quantitative estimate of drug-likeness (QED) is 0.700. The van der Waals surface area contributed by atoms with Gasteiger partial charge in [-0.2, -0.15) is 5.10 Å². The molecule has 0 saturated carbocycles. The standard InChI is InChI=1S/C19H18ClN3O2/c1-2-25-18-9-4-3-6-14(18)12-21-19(24)17-11-16(22-23-17)13-7-5-8-15(20)10-13/h3-11H,2,12H2,1H3,(H,21,24)(H,22,23). The normalized spacial score (nSPS) is 10.5. The fourth-order valence-electron chi connectivity index (χ4n) is 2.45. The molecule has 25 heavy (non-hydrogen) atoms. The molecule has 6 heteroatoms. The molecular formula is C19H18ClN3O2. The van der Waals surface area contributed by atoms with Gasteiger partial charge in [0.25, 0.3) is 5.91 Å². The summed E-state index contributed by atoms with van der Waals surface area (Å²) in [5.41, 5.74) is 2.84. The highest BCUT2D eigenvalue weighted by atomic mass is 35.5. The molecule has 2 N–H and O–H groups in total. The number of ether oxygens (including phenoxy) is 1. The van der Waals surface area contributed by atoms with Crippen molar-refractivity contribution in [2.75, 3.05) is 6.61 Å². The number of nitrogens with one attached hydrogen (secondary N) is 2. The van der Waals surface area contributed by atoms with E-state index in [1.807, 2.05) is 43.3 Å². The summed E-state index contributed by atoms with van der Waals surface area (Å²) in [5.74, 6) is 0.543. The van der Waals surface area contributed by atoms with E-state index >= 15 is 0 Å². The van der Waals surface area contributed by atoms with Crippen molar-refractivity contribution in [1.82, 2.24) is 15.5 Å². The number of H-pyrrole nitrogens is 1. The molecule has 128 valence electrons. The van der Waals surface area contributed by atoms with Crippen molar-refractivity contribution in [3.63, 3.8) is 0 Å². The third kappa shape index (κ3) is 4.19. The van der Waals surface area contributed by atoms with Crippen LogP contribution in [-0.2, 0) is 6.54 Å². The molecule has 2 aromatic carbocycles. The van der Waals surface area contributed by atoms with E-state index in [9.17, 15) is 4.79 Å². The lowest BCUT2D eigenvalue weighted by molar-refractivity contribution is 0.0945. The third-order valence-corrected chi connectivity index (χ3v) is 3.89. The average Bonchev–Trinajstić information content (AvgIpc) is 3.11. The van der Waals surface area contributed by atoms with Crippen LogP contribution in [0.15, 0.2) is 54.6 Å². The molecule has 1 amide bonds. The SMILES string of the molecule is CCOc1ccccc1CNC(=O)c1cc(-c2cccc(Cl)c2)n[nH]1. The first-order chi connectivity index (χ1) is 12.2. The van der Waals surface area contributed by atoms with Gasteiger partial charge in [0.1, 0.15) is 11.4 Å². The highest BCUT2D eigenvalue weighted by molar-refractivity contribution is 6.30. The number of hydrogen-bond donors (Lipinski definition) is 2. The summed E-state index contributed by atoms with van der Waals surface area (Å²) < 4.78 is 5.56. The van der Waals surface area contributed by atoms with Gasteiger partial charge in [0, 0.05) is 22.7 Å². The molecule has 0 atom stereocenters. The van der Waals surface area contributed by atoms with E-state index in [1.54, 1.807) is 18.2 Å². The van der Waals surface area contributed by atoms with Crippen molar-refractivity contribution in [2.24, 2.45) is 0 Å². The van der Waals surface area contributed by atoms with Gasteiger partial charge in [0.15, 0.2) is 0 Å². The van der Waals surface area contributed by atoms with E-state index in [0.717, 1.165) is 16.9 Å². The lowest BCUT2D eigenvalue weighted by Gasteiger charge is -2.10. The van der Waals surface area contributed by atoms with E-state index in [2.05, 4.69) is 15.5 Å². The number of benzene rings is 2. The third-order valence-electron chi connectivity index (χ3n) is 3.65. The maximum Gasteiger partial charge on any atom is 0.269 e. The zero-order valence-electron chi connectivity index (χ0n) is 13.8. The molecule has 5 nitrogen and oxygen atoms in total. The van der Waals surface area contributed by atoms with E-state index < -0.39 is 0 Å². The van der Waals surface area contributed by atoms with Gasteiger partial charge < -0.3 is 10.1 Å². The number of hydrogen-bond acceptors (Lipinski definition) is 3. The van der Waals surface area contributed by atoms with Gasteiger partial charge in [-0.05, 0) is 31.2 Å². The number of aromatic nitrogens is 2. The van der Waals surface area contributed by atoms with Crippen molar-refractivity contribution in [3.05, 3.63) is 70.9 Å². The summed E-state index contributed by atoms with van der Waals surface area (Å²) in [6, 6.07) is 16.7. The zero-order chi connectivity index (χ0) is 17.6. The lowest BCUT2D eigenvalue weighted by Crippen LogP contribution is -2.23. The van der Waals surface area contributed by atoms with E-state index in [0.29, 0.717) is 29.6 Å². The molecule has 0 unspecified atom stereocenters. The first kappa shape index (κ1) is 17.0. The number of aromatic amines is 1. The van der Waals surface area contributed by atoms with E-state index in [1.165, 1.54) is 0 Å². The number of para-hydroxylation sites is 1. The number of halogens is 1. The van der Waals surface area contributed by atoms with Crippen molar-refractivity contribution >= 4 is 17.5 Å². The van der Waals surface area contributed by atoms with Crippen LogP contribution >= 0.6 is 11.6 Å². The molecule has 0 aliphatic rings. The lowest BCUT2D eigenvalue weighted by atomic mass is 10.1. The Morgan fingerprint density at radius 2 is 2.04 bits per heavy atom. The maximum atomic E-state index is 12.3. The Hall–Kier alpha value is -2.79. The Morgan fingerprint density at radius 1 is 1.20 bits per heavy atom. The van der Waals surface area contributed by atoms with Crippen LogP contribution in [0.5, 0.6) is 5.75 Å². The summed E-state index contributed by atoms with van der Waals surface area (Å²) in [5, 5.41) is 10.4. The molecule has 1 heterocycles. The molecule has 1 aromatic heterocycles. The molecule has 0 spiro atoms. The Bertz CT molecular complexity index is 876. The zero-order valence-corrected chi connectivity index (χ0v) is 14.5. The van der Waals surface area contributed by atoms with Crippen molar-refractivity contribution < 1.29 is 9.53 Å². The minimum atomic E-state index is -0.230. The first-order valence-electron chi connectivity index (χ1n) is 7.97. The fourth-order valence-corrected chi connectivity index (χ4v) is 2.64. The Kier molecular flexibility index (Phi) is 5.36. The summed E-state index contributed by atoms with van der Waals surface area (Å²) in [6.07, 6.45) is 0. The number of carbonyl (C=O) groups excluding carboxylic acids is 1. The molecule has 0 aliphatic carbocycles. The topological polar surface area (TPSA) is 67.0 Å². The van der Waals surface area contributed by atoms with Crippen LogP contribution in [0, 0.1) is 0 Å². The number of rotatable bonds is 6. The van der Waals surface area contributed by atoms with Gasteiger partial charge in [-0.15, -0.1) is 0 Å². The highest BCUT2D eigenvalue weighted by Crippen LogP contribution is 2.21. The Balaban J connectivity index is 1.69. The Morgan fingerprint density at radius 3 is 2.84 bits per heavy atom. The van der Waals surface area contributed by atoms with E-state index in [4.69, 9.17) is 16.3 Å². The van der Waals surface area contributed by atoms with Gasteiger partial charge >= 0.3 is 0 Å². The number of carbonyl (C=O) groups is 1. The maximum absolute atomic E-state index is 12.3. The second kappa shape index (κ2) is 7.85. The van der Waals surface area contributed by atoms with Gasteiger partial charge in [-0.1, -0.05) is 41.9 Å². The van der Waals surface area contributed by atoms with Gasteiger partial charge in [-0.3, -0.25) is 9.89 Å². The average molecular weight is 356 g/mol. The van der Waals surface area contributed by atoms with Gasteiger partial charge in [0.2, 0.25) is 0 Å². The second-order valence-corrected chi connectivity index (χ2v) is 5.84. The molecule has 0 radical (unpaired) electrons. The van der Waals surface area contributed by atoms with Crippen LogP contribution < -0.4 is 10.1 Å². The molecule has 3 aromatic rings. The van der Waals surface area contributed by atoms with Crippen LogP contribution in [0.1, 0.15) is 23.0 Å². The summed E-state index contributed by atoms with van der Waals surface area (Å²) in [4.78, 5) is 12.3. The number of amides is 1. The minimum Gasteiger partial charge on any atom is -0.494 e. The van der Waals surface area contributed by atoms with Crippen LogP contribution in [-0.4, -0.2) is 22.7 Å². The summed E-state index contributed by atoms with van der Waals surface area (Å²) >= 11 is 5.99. The molecule has 3 rings (SSSR count). The largest absolute Gasteiger partial charge is 0.494 e. The van der Waals surface area contributed by atoms with Crippen molar-refractivity contribution in [1.29, 1.82) is 0 Å². The van der Waals surface area contributed by atoms with E-state index in [-0.39, 0.29) is 5.91 Å². The first-order valence-corrected chi connectivity index (χ1v) is 8.35. The van der Waals surface area contributed by atoms with Crippen LogP contribution in [0.4, 0.5) is 0 Å². The van der Waals surface area contributed by atoms with Crippen LogP contribution in [0.2, 0.25) is 5.02 Å². The molecule has 0 aliphatic heterocycles. The fraction of sp³-hybridized carbons (Fsp3) is 0.158. The Labute approximate surface area is 151 Å². The summed E-state index contributed by atoms with van der Waals surface area (Å²) in [7, 11) is 0. The number of nitrogens with zero attached hydrogens (tertiary/aromatic N) is 1.